The highest BCUT2D eigenvalue weighted by Crippen LogP contribution is 2.22. The van der Waals surface area contributed by atoms with Gasteiger partial charge < -0.3 is 36.4 Å². The highest BCUT2D eigenvalue weighted by atomic mass is 31.0. The van der Waals surface area contributed by atoms with Crippen LogP contribution in [0.15, 0.2) is 97.1 Å². The van der Waals surface area contributed by atoms with E-state index in [0.29, 0.717) is 12.6 Å². The van der Waals surface area contributed by atoms with Crippen molar-refractivity contribution in [1.29, 1.82) is 0 Å². The minimum absolute atomic E-state index is 0.667. The predicted octanol–water partition coefficient (Wildman–Crippen LogP) is 7.14. The van der Waals surface area contributed by atoms with Crippen molar-refractivity contribution in [3.05, 3.63) is 109 Å². The number of anilines is 2. The first-order valence-electron chi connectivity index (χ1n) is 16.2. The number of benzene rings is 4. The summed E-state index contributed by atoms with van der Waals surface area (Å²) in [6.07, 6.45) is 2.94. The number of H-pyrrole nitrogens is 2. The molecule has 0 aliphatic carbocycles. The summed E-state index contributed by atoms with van der Waals surface area (Å²) in [5.41, 5.74) is 18.2. The lowest BCUT2D eigenvalue weighted by Gasteiger charge is -2.01. The Labute approximate surface area is 319 Å². The number of nitrogens with zero attached hydrogens (tertiary/aromatic N) is 6. The van der Waals surface area contributed by atoms with Gasteiger partial charge in [-0.05, 0) is 81.2 Å². The van der Waals surface area contributed by atoms with Gasteiger partial charge in [0.2, 0.25) is 11.9 Å². The first kappa shape index (κ1) is 43.3. The summed E-state index contributed by atoms with van der Waals surface area (Å²) >= 11 is 0. The summed E-state index contributed by atoms with van der Waals surface area (Å²) in [5.74, 6) is 3.70. The van der Waals surface area contributed by atoms with Crippen molar-refractivity contribution >= 4 is 112 Å². The van der Waals surface area contributed by atoms with E-state index in [1.807, 2.05) is 114 Å². The third-order valence-electron chi connectivity index (χ3n) is 6.79. The van der Waals surface area contributed by atoms with Crippen LogP contribution in [0.25, 0.3) is 44.1 Å². The zero-order chi connectivity index (χ0) is 37.9. The molecule has 6 unspecified atom stereocenters. The maximum absolute atomic E-state index is 4.81. The molecule has 0 spiro atoms. The summed E-state index contributed by atoms with van der Waals surface area (Å²) in [6, 6.07) is 32.1. The molecule has 12 nitrogen and oxygen atoms in total. The highest BCUT2D eigenvalue weighted by molar-refractivity contribution is 7.17. The number of hydrogen-bond acceptors (Lipinski definition) is 8. The van der Waals surface area contributed by atoms with E-state index in [4.69, 9.17) is 11.5 Å². The molecule has 276 valence electrons. The Morgan fingerprint density at radius 2 is 1.00 bits per heavy atom. The van der Waals surface area contributed by atoms with Gasteiger partial charge in [-0.1, -0.05) is 48.5 Å². The van der Waals surface area contributed by atoms with E-state index < -0.39 is 0 Å². The van der Waals surface area contributed by atoms with E-state index in [1.54, 1.807) is 0 Å². The molecule has 0 aliphatic heterocycles. The summed E-state index contributed by atoms with van der Waals surface area (Å²) in [4.78, 5) is 23.7. The van der Waals surface area contributed by atoms with Gasteiger partial charge in [0, 0.05) is 25.1 Å². The number of aromatic amines is 2. The summed E-state index contributed by atoms with van der Waals surface area (Å²) in [5, 5.41) is 6.25. The number of hydrogen-bond donors (Lipinski definition) is 6. The number of aromatic nitrogens is 8. The fraction of sp³-hybridized carbons (Fsp3) is 0.176. The first-order valence-corrected chi connectivity index (χ1v) is 20.5. The molecule has 8 aromatic rings. The average Bonchev–Trinajstić information content (AvgIpc) is 3.89. The number of nitrogens with one attached hydrogen (secondary N) is 4. The SMILES string of the molecule is Cc1nc2ccccc2[nH]1.Cc1nc2ccccc2n1P.NCP.NCP.PCNc1nc2ccccc2[nH]1.PCNc1nc2ccccc2n1P. The van der Waals surface area contributed by atoms with Gasteiger partial charge in [0.15, 0.2) is 0 Å². The second-order valence-corrected chi connectivity index (χ2v) is 13.3. The third-order valence-corrected chi connectivity index (χ3v) is 8.38. The van der Waals surface area contributed by atoms with E-state index in [-0.39, 0.29) is 0 Å². The molecule has 8 rings (SSSR count). The zero-order valence-electron chi connectivity index (χ0n) is 29.4. The van der Waals surface area contributed by atoms with E-state index in [2.05, 4.69) is 102 Å². The molecule has 4 aromatic heterocycles. The van der Waals surface area contributed by atoms with Gasteiger partial charge in [-0.2, -0.15) is 0 Å². The molecule has 8 N–H and O–H groups in total. The van der Waals surface area contributed by atoms with Crippen LogP contribution in [0.5, 0.6) is 0 Å². The first-order chi connectivity index (χ1) is 25.2. The molecule has 4 aromatic carbocycles. The van der Waals surface area contributed by atoms with Crippen LogP contribution in [0.3, 0.4) is 0 Å². The number of nitrogens with two attached hydrogens (primary N) is 2. The number of aryl methyl sites for hydroxylation is 2. The van der Waals surface area contributed by atoms with Crippen molar-refractivity contribution in [1.82, 2.24) is 38.6 Å². The van der Waals surface area contributed by atoms with Crippen LogP contribution in [0.4, 0.5) is 11.9 Å². The van der Waals surface area contributed by atoms with Crippen molar-refractivity contribution < 1.29 is 0 Å². The van der Waals surface area contributed by atoms with E-state index >= 15 is 0 Å². The van der Waals surface area contributed by atoms with Crippen molar-refractivity contribution in [2.24, 2.45) is 11.5 Å². The molecular formula is C34H50N12P6. The maximum atomic E-state index is 4.81. The van der Waals surface area contributed by atoms with Gasteiger partial charge in [0.25, 0.3) is 0 Å². The molecular weight excluding hydrogens is 762 g/mol. The van der Waals surface area contributed by atoms with Gasteiger partial charge >= 0.3 is 0 Å². The van der Waals surface area contributed by atoms with Crippen LogP contribution in [0, 0.1) is 13.8 Å². The van der Waals surface area contributed by atoms with Crippen molar-refractivity contribution in [2.45, 2.75) is 13.8 Å². The Bertz CT molecular complexity index is 2140. The van der Waals surface area contributed by atoms with Crippen molar-refractivity contribution in [3.63, 3.8) is 0 Å². The number of fused-ring (bicyclic) bond motifs is 4. The molecule has 18 heteroatoms. The lowest BCUT2D eigenvalue weighted by molar-refractivity contribution is 1.12. The minimum atomic E-state index is 0.667. The van der Waals surface area contributed by atoms with E-state index in [0.717, 1.165) is 80.3 Å². The van der Waals surface area contributed by atoms with Gasteiger partial charge in [-0.3, -0.25) is 4.34 Å². The van der Waals surface area contributed by atoms with Gasteiger partial charge in [-0.15, -0.1) is 37.0 Å². The van der Waals surface area contributed by atoms with Gasteiger partial charge in [-0.25, -0.2) is 19.9 Å². The largest absolute Gasteiger partial charge is 0.352 e. The minimum Gasteiger partial charge on any atom is -0.352 e. The number of imidazole rings is 4. The quantitative estimate of drug-likeness (QED) is 0.102. The standard InChI is InChI=1S/C8H11N3P2.C8H10N3P.C8H9N2P.C8H8N2.2CH6NP/c12-5-9-8-10-6-3-1-2-4-7(6)11(8)13;12-5-9-8-10-6-3-1-2-4-7(6)11-8;1-6-9-7-4-2-3-5-8(7)10(6)11;1-6-9-7-4-2-3-5-8(7)10-6;2*2-1-3/h1-4H,5,12-13H2,(H,9,10);1-4H,5,12H2,(H2,9,10,11);2-5H,11H2,1H3;2-5H,1H3,(H,9,10);2*1-3H2. The fourth-order valence-corrected chi connectivity index (χ4v) is 5.66. The highest BCUT2D eigenvalue weighted by Gasteiger charge is 2.05. The molecule has 6 atom stereocenters. The fourth-order valence-electron chi connectivity index (χ4n) is 4.64. The molecule has 0 fully saturated rings. The predicted molar refractivity (Wildman–Crippen MR) is 245 cm³/mol. The second kappa shape index (κ2) is 23.5. The molecule has 0 saturated heterocycles. The van der Waals surface area contributed by atoms with Crippen LogP contribution in [-0.2, 0) is 0 Å². The average molecular weight is 813 g/mol. The van der Waals surface area contributed by atoms with Crippen LogP contribution in [0.1, 0.15) is 11.6 Å². The molecule has 0 radical (unpaired) electrons. The Morgan fingerprint density at radius 1 is 0.558 bits per heavy atom. The maximum Gasteiger partial charge on any atom is 0.207 e. The molecule has 0 saturated carbocycles. The van der Waals surface area contributed by atoms with Crippen molar-refractivity contribution in [2.75, 3.05) is 35.8 Å². The molecule has 4 heterocycles. The Morgan fingerprint density at radius 3 is 1.48 bits per heavy atom. The third kappa shape index (κ3) is 13.1. The van der Waals surface area contributed by atoms with Gasteiger partial charge in [0.05, 0.1) is 44.1 Å². The summed E-state index contributed by atoms with van der Waals surface area (Å²) in [7, 11) is 15.2. The Kier molecular flexibility index (Phi) is 19.6. The second-order valence-electron chi connectivity index (χ2n) is 10.5. The van der Waals surface area contributed by atoms with E-state index in [9.17, 15) is 0 Å². The monoisotopic (exact) mass is 812 g/mol. The molecule has 0 bridgehead atoms. The Hall–Kier alpha value is -3.14. The number of para-hydroxylation sites is 8. The molecule has 0 amide bonds. The molecule has 0 aliphatic rings. The normalized spacial score (nSPS) is 10.0. The van der Waals surface area contributed by atoms with Crippen molar-refractivity contribution in [3.8, 4) is 0 Å². The van der Waals surface area contributed by atoms with Gasteiger partial charge in [0.1, 0.15) is 11.6 Å². The summed E-state index contributed by atoms with van der Waals surface area (Å²) in [6.45, 7) is 3.95. The lowest BCUT2D eigenvalue weighted by Crippen LogP contribution is -1.98. The topological polar surface area (TPSA) is 169 Å². The molecule has 52 heavy (non-hydrogen) atoms. The van der Waals surface area contributed by atoms with Crippen LogP contribution >= 0.6 is 55.7 Å². The van der Waals surface area contributed by atoms with Crippen LogP contribution < -0.4 is 22.1 Å². The smallest absolute Gasteiger partial charge is 0.207 e. The number of rotatable bonds is 4. The van der Waals surface area contributed by atoms with E-state index in [1.165, 1.54) is 0 Å². The zero-order valence-corrected chi connectivity index (χ0v) is 36.3. The van der Waals surface area contributed by atoms with Crippen LogP contribution in [-0.4, -0.2) is 63.7 Å². The lowest BCUT2D eigenvalue weighted by atomic mass is 10.3. The van der Waals surface area contributed by atoms with Crippen LogP contribution in [0.2, 0.25) is 0 Å². The Balaban J connectivity index is 0.000000178. The summed E-state index contributed by atoms with van der Waals surface area (Å²) < 4.78 is 3.98.